The van der Waals surface area contributed by atoms with E-state index < -0.39 is 0 Å². The van der Waals surface area contributed by atoms with Gasteiger partial charge in [-0.25, -0.2) is 9.98 Å². The van der Waals surface area contributed by atoms with E-state index in [0.29, 0.717) is 0 Å². The third kappa shape index (κ3) is 6.56. The lowest BCUT2D eigenvalue weighted by atomic mass is 9.82. The number of rotatable bonds is 7. The molecule has 1 N–H and O–H groups in total. The minimum Gasteiger partial charge on any atom is -0.344 e. The minimum absolute atomic E-state index is 0.0626. The lowest BCUT2D eigenvalue weighted by molar-refractivity contribution is 0.660. The molecule has 0 spiro atoms. The highest BCUT2D eigenvalue weighted by Gasteiger charge is 2.36. The second-order valence-corrected chi connectivity index (χ2v) is 18.7. The standard InChI is InChI=1S/C60H45N3S/c1-60(2)51-23-10-9-20-49(51)55-48(21-12-24-52(55)60)45-18-11-19-46(36-45)59-62-57(42-16-7-4-8-17-42)61-58(63-59)43-32-30-41(31-33-43)47-22-13-25-54-56(47)50-37-44(34-35-53(50)64-54)40-28-26-39(27-29-40)38-14-5-3-6-15-38/h3-7,9-16,18-37,57H,8,17H2,1-2H3,(H,61,62,63). The van der Waals surface area contributed by atoms with Crippen molar-refractivity contribution in [1.82, 2.24) is 5.32 Å². The molecule has 9 aromatic rings. The number of hydrogen-bond donors (Lipinski definition) is 1. The van der Waals surface area contributed by atoms with Crippen LogP contribution in [0.15, 0.2) is 216 Å². The number of nitrogens with zero attached hydrogens (tertiary/aromatic N) is 2. The van der Waals surface area contributed by atoms with Crippen LogP contribution in [0.25, 0.3) is 75.8 Å². The summed E-state index contributed by atoms with van der Waals surface area (Å²) in [6.07, 6.45) is 8.36. The van der Waals surface area contributed by atoms with Crippen LogP contribution in [0.5, 0.6) is 0 Å². The third-order valence-corrected chi connectivity index (χ3v) is 14.6. The van der Waals surface area contributed by atoms with Gasteiger partial charge >= 0.3 is 0 Å². The van der Waals surface area contributed by atoms with E-state index >= 15 is 0 Å². The molecular weight excluding hydrogens is 795 g/mol. The van der Waals surface area contributed by atoms with Crippen LogP contribution in [0, 0.1) is 0 Å². The Morgan fingerprint density at radius 1 is 0.531 bits per heavy atom. The van der Waals surface area contributed by atoms with E-state index in [-0.39, 0.29) is 11.6 Å². The highest BCUT2D eigenvalue weighted by Crippen LogP contribution is 2.52. The second kappa shape index (κ2) is 15.4. The molecule has 8 aromatic carbocycles. The number of hydrogen-bond acceptors (Lipinski definition) is 4. The van der Waals surface area contributed by atoms with E-state index in [1.807, 2.05) is 11.3 Å². The summed E-state index contributed by atoms with van der Waals surface area (Å²) in [6.45, 7) is 4.68. The Morgan fingerprint density at radius 2 is 1.17 bits per heavy atom. The monoisotopic (exact) mass is 839 g/mol. The number of amidine groups is 2. The van der Waals surface area contributed by atoms with Gasteiger partial charge in [-0.1, -0.05) is 190 Å². The van der Waals surface area contributed by atoms with Crippen LogP contribution in [-0.4, -0.2) is 17.8 Å². The number of nitrogens with one attached hydrogen (secondary N) is 1. The average Bonchev–Trinajstić information content (AvgIpc) is 3.86. The van der Waals surface area contributed by atoms with Crippen molar-refractivity contribution in [3.8, 4) is 55.6 Å². The summed E-state index contributed by atoms with van der Waals surface area (Å²) >= 11 is 1.86. The van der Waals surface area contributed by atoms with Crippen LogP contribution in [0.1, 0.15) is 48.9 Å². The highest BCUT2D eigenvalue weighted by molar-refractivity contribution is 7.26. The Labute approximate surface area is 378 Å². The first-order valence-electron chi connectivity index (χ1n) is 22.3. The lowest BCUT2D eigenvalue weighted by Gasteiger charge is -2.26. The zero-order valence-corrected chi connectivity index (χ0v) is 36.7. The fraction of sp³-hybridized carbons (Fsp3) is 0.100. The van der Waals surface area contributed by atoms with Gasteiger partial charge < -0.3 is 5.32 Å². The third-order valence-electron chi connectivity index (χ3n) is 13.5. The first kappa shape index (κ1) is 38.3. The summed E-state index contributed by atoms with van der Waals surface area (Å²) in [5.41, 5.74) is 18.4. The van der Waals surface area contributed by atoms with Crippen LogP contribution < -0.4 is 5.32 Å². The molecule has 1 aliphatic heterocycles. The minimum atomic E-state index is -0.209. The number of thiophene rings is 1. The molecule has 1 unspecified atom stereocenters. The maximum atomic E-state index is 5.30. The van der Waals surface area contributed by atoms with Crippen molar-refractivity contribution in [1.29, 1.82) is 0 Å². The molecule has 2 aliphatic carbocycles. The maximum Gasteiger partial charge on any atom is 0.159 e. The van der Waals surface area contributed by atoms with E-state index in [1.54, 1.807) is 0 Å². The molecule has 0 bridgehead atoms. The molecular formula is C60H45N3S. The number of allylic oxidation sites excluding steroid dienone is 3. The Balaban J connectivity index is 0.896. The van der Waals surface area contributed by atoms with Gasteiger partial charge in [-0.05, 0) is 109 Å². The zero-order chi connectivity index (χ0) is 42.8. The molecule has 4 heteroatoms. The normalized spacial score (nSPS) is 16.2. The number of aliphatic imine (C=N–C) groups is 2. The SMILES string of the molecule is CC1(C)c2ccccc2-c2c(-c3cccc(C4=NC(C5=CC=CCC5)NC(c5ccc(-c6cccc7sc8ccc(-c9ccc(-c%10ccccc%10)cc9)cc8c67)cc5)=N4)c3)cccc21. The van der Waals surface area contributed by atoms with E-state index in [4.69, 9.17) is 9.98 Å². The number of fused-ring (bicyclic) bond motifs is 6. The number of benzene rings is 8. The van der Waals surface area contributed by atoms with Crippen LogP contribution in [0.2, 0.25) is 0 Å². The molecule has 2 heterocycles. The summed E-state index contributed by atoms with van der Waals surface area (Å²) in [6, 6.07) is 66.5. The largest absolute Gasteiger partial charge is 0.344 e. The van der Waals surface area contributed by atoms with Gasteiger partial charge in [-0.15, -0.1) is 11.3 Å². The van der Waals surface area contributed by atoms with E-state index in [2.05, 4.69) is 219 Å². The first-order valence-corrected chi connectivity index (χ1v) is 23.1. The molecule has 3 nitrogen and oxygen atoms in total. The van der Waals surface area contributed by atoms with Crippen LogP contribution in [0.3, 0.4) is 0 Å². The fourth-order valence-electron chi connectivity index (χ4n) is 10.1. The van der Waals surface area contributed by atoms with Crippen molar-refractivity contribution in [2.75, 3.05) is 0 Å². The van der Waals surface area contributed by atoms with Gasteiger partial charge in [0.05, 0.1) is 0 Å². The summed E-state index contributed by atoms with van der Waals surface area (Å²) in [4.78, 5) is 10.6. The highest BCUT2D eigenvalue weighted by atomic mass is 32.1. The molecule has 3 aliphatic rings. The predicted molar refractivity (Wildman–Crippen MR) is 272 cm³/mol. The van der Waals surface area contributed by atoms with Crippen LogP contribution in [-0.2, 0) is 5.41 Å². The Morgan fingerprint density at radius 3 is 2.00 bits per heavy atom. The van der Waals surface area contributed by atoms with E-state index in [0.717, 1.165) is 35.6 Å². The molecule has 1 aromatic heterocycles. The summed E-state index contributed by atoms with van der Waals surface area (Å²) in [7, 11) is 0. The fourth-order valence-corrected chi connectivity index (χ4v) is 11.2. The molecule has 0 radical (unpaired) electrons. The van der Waals surface area contributed by atoms with Crippen molar-refractivity contribution in [3.05, 3.63) is 228 Å². The molecule has 0 saturated heterocycles. The van der Waals surface area contributed by atoms with Gasteiger partial charge in [0.15, 0.2) is 5.84 Å². The summed E-state index contributed by atoms with van der Waals surface area (Å²) in [5.74, 6) is 1.58. The van der Waals surface area contributed by atoms with Crippen molar-refractivity contribution >= 4 is 43.2 Å². The first-order chi connectivity index (χ1) is 31.5. The summed E-state index contributed by atoms with van der Waals surface area (Å²) in [5, 5.41) is 6.33. The van der Waals surface area contributed by atoms with Crippen molar-refractivity contribution < 1.29 is 0 Å². The van der Waals surface area contributed by atoms with Crippen molar-refractivity contribution in [3.63, 3.8) is 0 Å². The lowest BCUT2D eigenvalue weighted by Crippen LogP contribution is -2.40. The smallest absolute Gasteiger partial charge is 0.159 e. The molecule has 0 saturated carbocycles. The average molecular weight is 840 g/mol. The zero-order valence-electron chi connectivity index (χ0n) is 35.8. The van der Waals surface area contributed by atoms with Crippen LogP contribution in [0.4, 0.5) is 0 Å². The molecule has 64 heavy (non-hydrogen) atoms. The van der Waals surface area contributed by atoms with E-state index in [1.165, 1.54) is 92.5 Å². The molecule has 12 rings (SSSR count). The van der Waals surface area contributed by atoms with Gasteiger partial charge in [0.2, 0.25) is 0 Å². The quantitative estimate of drug-likeness (QED) is 0.171. The topological polar surface area (TPSA) is 36.8 Å². The molecule has 0 amide bonds. The van der Waals surface area contributed by atoms with Gasteiger partial charge in [-0.3, -0.25) is 0 Å². The molecule has 1 atom stereocenters. The Kier molecular flexibility index (Phi) is 9.24. The van der Waals surface area contributed by atoms with Crippen molar-refractivity contribution in [2.45, 2.75) is 38.3 Å². The predicted octanol–water partition coefficient (Wildman–Crippen LogP) is 15.4. The maximum absolute atomic E-state index is 5.30. The van der Waals surface area contributed by atoms with Gasteiger partial charge in [0, 0.05) is 36.7 Å². The molecule has 0 fully saturated rings. The summed E-state index contributed by atoms with van der Waals surface area (Å²) < 4.78 is 2.59. The Bertz CT molecular complexity index is 3420. The van der Waals surface area contributed by atoms with E-state index in [9.17, 15) is 0 Å². The van der Waals surface area contributed by atoms with Crippen LogP contribution >= 0.6 is 11.3 Å². The van der Waals surface area contributed by atoms with Crippen molar-refractivity contribution in [2.24, 2.45) is 9.98 Å². The molecule has 306 valence electrons. The van der Waals surface area contributed by atoms with Gasteiger partial charge in [0.25, 0.3) is 0 Å². The van der Waals surface area contributed by atoms with Gasteiger partial charge in [-0.2, -0.15) is 0 Å². The Hall–Kier alpha value is -7.40. The second-order valence-electron chi connectivity index (χ2n) is 17.7. The van der Waals surface area contributed by atoms with Gasteiger partial charge in [0.1, 0.15) is 12.0 Å².